The Morgan fingerprint density at radius 2 is 2.25 bits per heavy atom. The van der Waals surface area contributed by atoms with E-state index in [9.17, 15) is 14.0 Å². The van der Waals surface area contributed by atoms with Gasteiger partial charge >= 0.3 is 5.97 Å². The van der Waals surface area contributed by atoms with Crippen LogP contribution in [0.15, 0.2) is 18.2 Å². The third kappa shape index (κ3) is 3.05. The molecule has 86 valence electrons. The molecule has 0 fully saturated rings. The zero-order chi connectivity index (χ0) is 12.0. The molecule has 0 aliphatic carbocycles. The van der Waals surface area contributed by atoms with Crippen molar-refractivity contribution in [2.75, 3.05) is 13.2 Å². The molecule has 0 N–H and O–H groups in total. The average molecular weight is 226 g/mol. The second-order valence-corrected chi connectivity index (χ2v) is 2.87. The van der Waals surface area contributed by atoms with E-state index in [0.29, 0.717) is 6.29 Å². The van der Waals surface area contributed by atoms with Crippen molar-refractivity contribution >= 4 is 12.3 Å². The van der Waals surface area contributed by atoms with Gasteiger partial charge in [0.1, 0.15) is 0 Å². The first kappa shape index (κ1) is 12.2. The molecular weight excluding hydrogens is 215 g/mol. The summed E-state index contributed by atoms with van der Waals surface area (Å²) in [6.07, 6.45) is 0.382. The van der Waals surface area contributed by atoms with Gasteiger partial charge in [-0.25, -0.2) is 9.18 Å². The van der Waals surface area contributed by atoms with Gasteiger partial charge in [0.15, 0.2) is 24.5 Å². The summed E-state index contributed by atoms with van der Waals surface area (Å²) in [5.74, 6) is -1.50. The predicted octanol–water partition coefficient (Wildman–Crippen LogP) is 1.58. The van der Waals surface area contributed by atoms with Crippen molar-refractivity contribution in [3.63, 3.8) is 0 Å². The van der Waals surface area contributed by atoms with Crippen molar-refractivity contribution in [1.29, 1.82) is 0 Å². The van der Waals surface area contributed by atoms with Gasteiger partial charge in [0.25, 0.3) is 0 Å². The van der Waals surface area contributed by atoms with Gasteiger partial charge < -0.3 is 9.47 Å². The average Bonchev–Trinajstić information content (AvgIpc) is 2.28. The van der Waals surface area contributed by atoms with Gasteiger partial charge in [-0.05, 0) is 19.1 Å². The predicted molar refractivity (Wildman–Crippen MR) is 53.9 cm³/mol. The number of aldehydes is 1. The fraction of sp³-hybridized carbons (Fsp3) is 0.273. The first-order valence-corrected chi connectivity index (χ1v) is 4.71. The molecule has 0 aliphatic heterocycles. The van der Waals surface area contributed by atoms with E-state index in [0.717, 1.165) is 0 Å². The van der Waals surface area contributed by atoms with Gasteiger partial charge in [-0.3, -0.25) is 4.79 Å². The molecule has 1 aromatic carbocycles. The zero-order valence-corrected chi connectivity index (χ0v) is 8.73. The number of hydrogen-bond donors (Lipinski definition) is 0. The maximum Gasteiger partial charge on any atom is 0.344 e. The lowest BCUT2D eigenvalue weighted by Gasteiger charge is -2.07. The minimum absolute atomic E-state index is 0.110. The summed E-state index contributed by atoms with van der Waals surface area (Å²) in [5, 5.41) is 0. The van der Waals surface area contributed by atoms with Gasteiger partial charge in [-0.1, -0.05) is 6.07 Å². The van der Waals surface area contributed by atoms with E-state index >= 15 is 0 Å². The number of benzene rings is 1. The molecule has 0 spiro atoms. The topological polar surface area (TPSA) is 52.6 Å². The van der Waals surface area contributed by atoms with Gasteiger partial charge in [0.2, 0.25) is 0 Å². The molecular formula is C11H11FO4. The minimum Gasteiger partial charge on any atom is -0.479 e. The molecule has 0 aromatic heterocycles. The minimum atomic E-state index is -0.776. The number of rotatable bonds is 5. The maximum atomic E-state index is 13.4. The van der Waals surface area contributed by atoms with Crippen LogP contribution in [0.4, 0.5) is 4.39 Å². The lowest BCUT2D eigenvalue weighted by atomic mass is 10.2. The molecule has 0 heterocycles. The van der Waals surface area contributed by atoms with Crippen molar-refractivity contribution in [3.05, 3.63) is 29.6 Å². The molecule has 0 saturated heterocycles. The standard InChI is InChI=1S/C11H11FO4/c1-2-15-10(14)7-16-9-5-3-4-8(6-13)11(9)12/h3-6H,2,7H2,1H3. The molecule has 1 aromatic rings. The Kier molecular flexibility index (Phi) is 4.44. The van der Waals surface area contributed by atoms with Crippen molar-refractivity contribution in [3.8, 4) is 5.75 Å². The Bertz CT molecular complexity index is 390. The smallest absolute Gasteiger partial charge is 0.344 e. The van der Waals surface area contributed by atoms with E-state index in [2.05, 4.69) is 4.74 Å². The SMILES string of the molecule is CCOC(=O)COc1cccc(C=O)c1F. The monoisotopic (exact) mass is 226 g/mol. The van der Waals surface area contributed by atoms with E-state index in [-0.39, 0.29) is 24.5 Å². The fourth-order valence-corrected chi connectivity index (χ4v) is 1.07. The Morgan fingerprint density at radius 1 is 1.50 bits per heavy atom. The van der Waals surface area contributed by atoms with E-state index in [1.165, 1.54) is 18.2 Å². The number of ether oxygens (including phenoxy) is 2. The van der Waals surface area contributed by atoms with Crippen LogP contribution < -0.4 is 4.74 Å². The van der Waals surface area contributed by atoms with Crippen LogP contribution >= 0.6 is 0 Å². The van der Waals surface area contributed by atoms with E-state index in [1.54, 1.807) is 6.92 Å². The van der Waals surface area contributed by atoms with Crippen LogP contribution in [0.25, 0.3) is 0 Å². The first-order valence-electron chi connectivity index (χ1n) is 4.71. The van der Waals surface area contributed by atoms with Gasteiger partial charge in [0.05, 0.1) is 12.2 Å². The van der Waals surface area contributed by atoms with Crippen molar-refractivity contribution < 1.29 is 23.5 Å². The summed E-state index contributed by atoms with van der Waals surface area (Å²) in [5.41, 5.74) is -0.110. The van der Waals surface area contributed by atoms with Crippen LogP contribution in [0.5, 0.6) is 5.75 Å². The third-order valence-electron chi connectivity index (χ3n) is 1.77. The van der Waals surface area contributed by atoms with Crippen LogP contribution in [-0.2, 0) is 9.53 Å². The van der Waals surface area contributed by atoms with E-state index in [1.807, 2.05) is 0 Å². The highest BCUT2D eigenvalue weighted by Crippen LogP contribution is 2.19. The molecule has 0 aliphatic rings. The third-order valence-corrected chi connectivity index (χ3v) is 1.77. The normalized spacial score (nSPS) is 9.62. The number of hydrogen-bond acceptors (Lipinski definition) is 4. The summed E-state index contributed by atoms with van der Waals surface area (Å²) >= 11 is 0. The summed E-state index contributed by atoms with van der Waals surface area (Å²) < 4.78 is 22.9. The van der Waals surface area contributed by atoms with Crippen molar-refractivity contribution in [1.82, 2.24) is 0 Å². The first-order chi connectivity index (χ1) is 7.69. The molecule has 0 unspecified atom stereocenters. The van der Waals surface area contributed by atoms with Crippen molar-refractivity contribution in [2.45, 2.75) is 6.92 Å². The van der Waals surface area contributed by atoms with E-state index < -0.39 is 11.8 Å². The highest BCUT2D eigenvalue weighted by Gasteiger charge is 2.10. The molecule has 4 nitrogen and oxygen atoms in total. The number of halogens is 1. The van der Waals surface area contributed by atoms with Gasteiger partial charge in [-0.15, -0.1) is 0 Å². The molecule has 5 heteroatoms. The summed E-state index contributed by atoms with van der Waals surface area (Å²) in [7, 11) is 0. The maximum absolute atomic E-state index is 13.4. The zero-order valence-electron chi connectivity index (χ0n) is 8.73. The van der Waals surface area contributed by atoms with Crippen LogP contribution in [0, 0.1) is 5.82 Å². The molecule has 0 radical (unpaired) electrons. The van der Waals surface area contributed by atoms with Crippen molar-refractivity contribution in [2.24, 2.45) is 0 Å². The van der Waals surface area contributed by atoms with Crippen LogP contribution in [-0.4, -0.2) is 25.5 Å². The highest BCUT2D eigenvalue weighted by molar-refractivity contribution is 5.76. The molecule has 0 amide bonds. The highest BCUT2D eigenvalue weighted by atomic mass is 19.1. The Balaban J connectivity index is 2.67. The van der Waals surface area contributed by atoms with Gasteiger partial charge in [0, 0.05) is 0 Å². The number of carbonyl (C=O) groups excluding carboxylic acids is 2. The van der Waals surface area contributed by atoms with Crippen LogP contribution in [0.3, 0.4) is 0 Å². The van der Waals surface area contributed by atoms with E-state index in [4.69, 9.17) is 4.74 Å². The second kappa shape index (κ2) is 5.85. The molecule has 0 bridgehead atoms. The van der Waals surface area contributed by atoms with Crippen LogP contribution in [0.2, 0.25) is 0 Å². The number of esters is 1. The Hall–Kier alpha value is -1.91. The molecule has 1 rings (SSSR count). The Morgan fingerprint density at radius 3 is 2.88 bits per heavy atom. The second-order valence-electron chi connectivity index (χ2n) is 2.87. The largest absolute Gasteiger partial charge is 0.479 e. The fourth-order valence-electron chi connectivity index (χ4n) is 1.07. The molecule has 0 atom stereocenters. The number of carbonyl (C=O) groups is 2. The van der Waals surface area contributed by atoms with Crippen LogP contribution in [0.1, 0.15) is 17.3 Å². The molecule has 16 heavy (non-hydrogen) atoms. The quantitative estimate of drug-likeness (QED) is 0.565. The summed E-state index contributed by atoms with van der Waals surface area (Å²) in [6, 6.07) is 4.12. The Labute approximate surface area is 92.0 Å². The molecule has 0 saturated carbocycles. The summed E-state index contributed by atoms with van der Waals surface area (Å²) in [4.78, 5) is 21.4. The van der Waals surface area contributed by atoms with Gasteiger partial charge in [-0.2, -0.15) is 0 Å². The summed E-state index contributed by atoms with van der Waals surface area (Å²) in [6.45, 7) is 1.51. The lowest BCUT2D eigenvalue weighted by Crippen LogP contribution is -2.15. The lowest BCUT2D eigenvalue weighted by molar-refractivity contribution is -0.145.